The van der Waals surface area contributed by atoms with Gasteiger partial charge in [0.2, 0.25) is 5.91 Å². The zero-order chi connectivity index (χ0) is 12.5. The Morgan fingerprint density at radius 2 is 1.83 bits per heavy atom. The van der Waals surface area contributed by atoms with Crippen LogP contribution < -0.4 is 5.73 Å². The van der Waals surface area contributed by atoms with Crippen molar-refractivity contribution < 1.29 is 4.79 Å². The molecule has 0 aliphatic heterocycles. The van der Waals surface area contributed by atoms with Gasteiger partial charge in [0.15, 0.2) is 11.5 Å². The third-order valence-corrected chi connectivity index (χ3v) is 2.74. The molecule has 0 saturated carbocycles. The highest BCUT2D eigenvalue weighted by atomic mass is 16.1. The van der Waals surface area contributed by atoms with Gasteiger partial charge in [0.1, 0.15) is 0 Å². The van der Waals surface area contributed by atoms with Gasteiger partial charge in [-0.25, -0.2) is 0 Å². The minimum Gasteiger partial charge on any atom is -0.366 e. The predicted molar refractivity (Wildman–Crippen MR) is 66.9 cm³/mol. The second-order valence-electron chi connectivity index (χ2n) is 3.89. The van der Waals surface area contributed by atoms with E-state index in [-0.39, 0.29) is 0 Å². The van der Waals surface area contributed by atoms with Gasteiger partial charge in [0, 0.05) is 17.3 Å². The summed E-state index contributed by atoms with van der Waals surface area (Å²) in [7, 11) is 0. The van der Waals surface area contributed by atoms with E-state index in [2.05, 4.69) is 10.2 Å². The molecular formula is C13H10N4O. The van der Waals surface area contributed by atoms with Crippen LogP contribution in [-0.2, 0) is 0 Å². The van der Waals surface area contributed by atoms with Gasteiger partial charge in [0.25, 0.3) is 0 Å². The van der Waals surface area contributed by atoms with E-state index in [0.717, 1.165) is 17.0 Å². The summed E-state index contributed by atoms with van der Waals surface area (Å²) in [5, 5.41) is 8.21. The van der Waals surface area contributed by atoms with Crippen molar-refractivity contribution in [2.75, 3.05) is 0 Å². The molecule has 2 heterocycles. The minimum atomic E-state index is -0.437. The molecule has 5 nitrogen and oxygen atoms in total. The van der Waals surface area contributed by atoms with E-state index in [1.54, 1.807) is 12.1 Å². The number of fused-ring (bicyclic) bond motifs is 1. The van der Waals surface area contributed by atoms with Gasteiger partial charge in [-0.3, -0.25) is 9.20 Å². The van der Waals surface area contributed by atoms with Crippen LogP contribution in [-0.4, -0.2) is 20.5 Å². The second-order valence-corrected chi connectivity index (χ2v) is 3.89. The van der Waals surface area contributed by atoms with Gasteiger partial charge in [-0.05, 0) is 24.3 Å². The van der Waals surface area contributed by atoms with Crippen molar-refractivity contribution in [2.24, 2.45) is 5.73 Å². The topological polar surface area (TPSA) is 73.3 Å². The summed E-state index contributed by atoms with van der Waals surface area (Å²) in [5.74, 6) is 0.300. The number of pyridine rings is 1. The lowest BCUT2D eigenvalue weighted by molar-refractivity contribution is 0.100. The van der Waals surface area contributed by atoms with Crippen molar-refractivity contribution in [3.8, 4) is 11.4 Å². The van der Waals surface area contributed by atoms with Crippen molar-refractivity contribution in [1.29, 1.82) is 0 Å². The Labute approximate surface area is 103 Å². The highest BCUT2D eigenvalue weighted by Gasteiger charge is 2.07. The van der Waals surface area contributed by atoms with E-state index < -0.39 is 5.91 Å². The maximum Gasteiger partial charge on any atom is 0.248 e. The van der Waals surface area contributed by atoms with Crippen LogP contribution in [0.5, 0.6) is 0 Å². The van der Waals surface area contributed by atoms with E-state index in [4.69, 9.17) is 5.73 Å². The molecule has 2 aromatic heterocycles. The van der Waals surface area contributed by atoms with Gasteiger partial charge in [-0.15, -0.1) is 10.2 Å². The van der Waals surface area contributed by atoms with Crippen LogP contribution in [0.3, 0.4) is 0 Å². The first-order chi connectivity index (χ1) is 8.75. The van der Waals surface area contributed by atoms with Crippen LogP contribution >= 0.6 is 0 Å². The summed E-state index contributed by atoms with van der Waals surface area (Å²) in [6, 6.07) is 12.7. The molecule has 1 aromatic carbocycles. The largest absolute Gasteiger partial charge is 0.366 e. The molecular weight excluding hydrogens is 228 g/mol. The number of benzene rings is 1. The SMILES string of the molecule is NC(=O)c1ccc(-c2nnc3ccccn23)cc1. The number of hydrogen-bond acceptors (Lipinski definition) is 3. The first-order valence-electron chi connectivity index (χ1n) is 5.46. The van der Waals surface area contributed by atoms with E-state index in [1.807, 2.05) is 40.9 Å². The Balaban J connectivity index is 2.12. The Morgan fingerprint density at radius 3 is 2.56 bits per heavy atom. The fourth-order valence-corrected chi connectivity index (χ4v) is 1.82. The molecule has 0 bridgehead atoms. The van der Waals surface area contributed by atoms with Crippen LogP contribution in [0.2, 0.25) is 0 Å². The monoisotopic (exact) mass is 238 g/mol. The summed E-state index contributed by atoms with van der Waals surface area (Å²) in [4.78, 5) is 11.0. The normalized spacial score (nSPS) is 10.7. The van der Waals surface area contributed by atoms with E-state index in [9.17, 15) is 4.79 Å². The number of hydrogen-bond donors (Lipinski definition) is 1. The molecule has 0 aliphatic rings. The maximum atomic E-state index is 11.0. The first kappa shape index (κ1) is 10.5. The second kappa shape index (κ2) is 3.96. The quantitative estimate of drug-likeness (QED) is 0.735. The van der Waals surface area contributed by atoms with Gasteiger partial charge in [-0.2, -0.15) is 0 Å². The molecule has 0 atom stereocenters. The lowest BCUT2D eigenvalue weighted by Gasteiger charge is -2.00. The number of rotatable bonds is 2. The number of carbonyl (C=O) groups is 1. The number of nitrogens with zero attached hydrogens (tertiary/aromatic N) is 3. The average Bonchev–Trinajstić information content (AvgIpc) is 2.82. The Bertz CT molecular complexity index is 715. The first-order valence-corrected chi connectivity index (χ1v) is 5.46. The minimum absolute atomic E-state index is 0.437. The molecule has 3 rings (SSSR count). The fraction of sp³-hybridized carbons (Fsp3) is 0. The molecule has 1 amide bonds. The lowest BCUT2D eigenvalue weighted by atomic mass is 10.1. The van der Waals surface area contributed by atoms with E-state index >= 15 is 0 Å². The zero-order valence-electron chi connectivity index (χ0n) is 9.45. The summed E-state index contributed by atoms with van der Waals surface area (Å²) in [5.41, 5.74) is 7.35. The number of primary amides is 1. The Kier molecular flexibility index (Phi) is 2.30. The summed E-state index contributed by atoms with van der Waals surface area (Å²) < 4.78 is 1.89. The average molecular weight is 238 g/mol. The molecule has 0 fully saturated rings. The molecule has 0 unspecified atom stereocenters. The summed E-state index contributed by atoms with van der Waals surface area (Å²) >= 11 is 0. The number of amides is 1. The zero-order valence-corrected chi connectivity index (χ0v) is 9.45. The van der Waals surface area contributed by atoms with Crippen LogP contribution in [0.25, 0.3) is 17.0 Å². The van der Waals surface area contributed by atoms with Crippen molar-refractivity contribution in [2.45, 2.75) is 0 Å². The van der Waals surface area contributed by atoms with Crippen molar-refractivity contribution in [3.05, 3.63) is 54.2 Å². The highest BCUT2D eigenvalue weighted by molar-refractivity contribution is 5.93. The van der Waals surface area contributed by atoms with Gasteiger partial charge in [0.05, 0.1) is 0 Å². The highest BCUT2D eigenvalue weighted by Crippen LogP contribution is 2.18. The Hall–Kier alpha value is -2.69. The number of nitrogens with two attached hydrogens (primary N) is 1. The molecule has 0 radical (unpaired) electrons. The molecule has 3 aromatic rings. The van der Waals surface area contributed by atoms with E-state index in [1.165, 1.54) is 0 Å². The molecule has 0 saturated heterocycles. The van der Waals surface area contributed by atoms with Crippen molar-refractivity contribution in [1.82, 2.24) is 14.6 Å². The smallest absolute Gasteiger partial charge is 0.248 e. The van der Waals surface area contributed by atoms with Gasteiger partial charge >= 0.3 is 0 Å². The molecule has 88 valence electrons. The van der Waals surface area contributed by atoms with Gasteiger partial charge in [-0.1, -0.05) is 18.2 Å². The standard InChI is InChI=1S/C13H10N4O/c14-12(18)9-4-6-10(7-5-9)13-16-15-11-3-1-2-8-17(11)13/h1-8H,(H2,14,18). The van der Waals surface area contributed by atoms with Crippen LogP contribution in [0, 0.1) is 0 Å². The third-order valence-electron chi connectivity index (χ3n) is 2.74. The maximum absolute atomic E-state index is 11.0. The third kappa shape index (κ3) is 1.62. The van der Waals surface area contributed by atoms with Crippen LogP contribution in [0.15, 0.2) is 48.7 Å². The molecule has 0 spiro atoms. The van der Waals surface area contributed by atoms with Crippen LogP contribution in [0.1, 0.15) is 10.4 Å². The summed E-state index contributed by atoms with van der Waals surface area (Å²) in [6.07, 6.45) is 1.90. The molecule has 0 aliphatic carbocycles. The molecule has 5 heteroatoms. The predicted octanol–water partition coefficient (Wildman–Crippen LogP) is 1.50. The number of carbonyl (C=O) groups excluding carboxylic acids is 1. The number of aromatic nitrogens is 3. The van der Waals surface area contributed by atoms with Crippen LogP contribution in [0.4, 0.5) is 0 Å². The van der Waals surface area contributed by atoms with E-state index in [0.29, 0.717) is 5.56 Å². The Morgan fingerprint density at radius 1 is 1.06 bits per heavy atom. The lowest BCUT2D eigenvalue weighted by Crippen LogP contribution is -2.10. The summed E-state index contributed by atoms with van der Waals surface area (Å²) in [6.45, 7) is 0. The molecule has 2 N–H and O–H groups in total. The van der Waals surface area contributed by atoms with Crippen molar-refractivity contribution in [3.63, 3.8) is 0 Å². The van der Waals surface area contributed by atoms with Crippen molar-refractivity contribution >= 4 is 11.6 Å². The molecule has 18 heavy (non-hydrogen) atoms. The van der Waals surface area contributed by atoms with Gasteiger partial charge < -0.3 is 5.73 Å². The fourth-order valence-electron chi connectivity index (χ4n) is 1.82.